The van der Waals surface area contributed by atoms with E-state index in [-0.39, 0.29) is 17.4 Å². The molecule has 3 aromatic rings. The molecular formula is C22H19NO2S. The van der Waals surface area contributed by atoms with Crippen molar-refractivity contribution in [2.45, 2.75) is 5.25 Å². The van der Waals surface area contributed by atoms with Crippen molar-refractivity contribution in [1.29, 1.82) is 0 Å². The number of nitrogens with one attached hydrogen (secondary N) is 1. The zero-order valence-corrected chi connectivity index (χ0v) is 15.0. The second kappa shape index (κ2) is 9.02. The van der Waals surface area contributed by atoms with Crippen LogP contribution in [-0.2, 0) is 4.79 Å². The highest BCUT2D eigenvalue weighted by Gasteiger charge is 2.23. The maximum Gasteiger partial charge on any atom is 0.234 e. The number of hydrogen-bond donors (Lipinski definition) is 1. The molecule has 0 radical (unpaired) electrons. The third kappa shape index (κ3) is 4.83. The highest BCUT2D eigenvalue weighted by atomic mass is 32.2. The first-order valence-electron chi connectivity index (χ1n) is 8.35. The first-order valence-corrected chi connectivity index (χ1v) is 9.39. The average molecular weight is 361 g/mol. The van der Waals surface area contributed by atoms with Gasteiger partial charge in [0.1, 0.15) is 0 Å². The Morgan fingerprint density at radius 2 is 1.31 bits per heavy atom. The predicted molar refractivity (Wildman–Crippen MR) is 107 cm³/mol. The zero-order chi connectivity index (χ0) is 18.2. The fourth-order valence-electron chi connectivity index (χ4n) is 2.58. The molecule has 0 aliphatic heterocycles. The van der Waals surface area contributed by atoms with Gasteiger partial charge in [-0.3, -0.25) is 9.59 Å². The van der Waals surface area contributed by atoms with Crippen molar-refractivity contribution >= 4 is 29.1 Å². The zero-order valence-electron chi connectivity index (χ0n) is 14.2. The first kappa shape index (κ1) is 18.0. The van der Waals surface area contributed by atoms with E-state index in [2.05, 4.69) is 5.32 Å². The van der Waals surface area contributed by atoms with Gasteiger partial charge < -0.3 is 5.32 Å². The van der Waals surface area contributed by atoms with E-state index < -0.39 is 5.25 Å². The Balaban J connectivity index is 1.72. The summed E-state index contributed by atoms with van der Waals surface area (Å²) in [7, 11) is 0. The van der Waals surface area contributed by atoms with Crippen LogP contribution in [-0.4, -0.2) is 17.4 Å². The molecule has 0 bridgehead atoms. The summed E-state index contributed by atoms with van der Waals surface area (Å²) in [5, 5.41) is 2.44. The standard InChI is InChI=1S/C22H19NO2S/c24-20(23-19-14-8-3-9-15-19)16-26-22(18-12-6-2-7-13-18)21(25)17-10-4-1-5-11-17/h1-15,22H,16H2,(H,23,24). The molecule has 3 nitrogen and oxygen atoms in total. The number of Topliss-reactive ketones (excluding diaryl/α,β-unsaturated/α-hetero) is 1. The number of amides is 1. The molecule has 1 N–H and O–H groups in total. The van der Waals surface area contributed by atoms with E-state index in [1.807, 2.05) is 91.0 Å². The number of carbonyl (C=O) groups excluding carboxylic acids is 2. The van der Waals surface area contributed by atoms with Crippen molar-refractivity contribution in [2.24, 2.45) is 0 Å². The lowest BCUT2D eigenvalue weighted by molar-refractivity contribution is -0.113. The summed E-state index contributed by atoms with van der Waals surface area (Å²) in [4.78, 5) is 25.2. The Bertz CT molecular complexity index is 851. The van der Waals surface area contributed by atoms with Gasteiger partial charge in [-0.1, -0.05) is 78.9 Å². The van der Waals surface area contributed by atoms with Crippen LogP contribution in [0.4, 0.5) is 5.69 Å². The lowest BCUT2D eigenvalue weighted by atomic mass is 10.0. The fourth-order valence-corrected chi connectivity index (χ4v) is 3.61. The molecule has 1 amide bonds. The second-order valence-corrected chi connectivity index (χ2v) is 6.84. The predicted octanol–water partition coefficient (Wildman–Crippen LogP) is 4.98. The Morgan fingerprint density at radius 3 is 1.92 bits per heavy atom. The molecule has 0 saturated carbocycles. The minimum Gasteiger partial charge on any atom is -0.325 e. The van der Waals surface area contributed by atoms with E-state index in [4.69, 9.17) is 0 Å². The minimum absolute atomic E-state index is 0.00862. The molecule has 26 heavy (non-hydrogen) atoms. The van der Waals surface area contributed by atoms with Gasteiger partial charge in [0, 0.05) is 11.3 Å². The van der Waals surface area contributed by atoms with Crippen LogP contribution in [0.5, 0.6) is 0 Å². The average Bonchev–Trinajstić information content (AvgIpc) is 2.70. The number of anilines is 1. The first-order chi connectivity index (χ1) is 12.7. The topological polar surface area (TPSA) is 46.2 Å². The van der Waals surface area contributed by atoms with Gasteiger partial charge in [-0.2, -0.15) is 0 Å². The molecule has 130 valence electrons. The summed E-state index contributed by atoms with van der Waals surface area (Å²) in [5.41, 5.74) is 2.31. The molecular weight excluding hydrogens is 342 g/mol. The van der Waals surface area contributed by atoms with Crippen molar-refractivity contribution in [3.8, 4) is 0 Å². The monoisotopic (exact) mass is 361 g/mol. The van der Waals surface area contributed by atoms with E-state index in [1.54, 1.807) is 0 Å². The van der Waals surface area contributed by atoms with Crippen molar-refractivity contribution in [2.75, 3.05) is 11.1 Å². The number of thioether (sulfide) groups is 1. The number of para-hydroxylation sites is 1. The quantitative estimate of drug-likeness (QED) is 0.604. The summed E-state index contributed by atoms with van der Waals surface area (Å²) in [6.07, 6.45) is 0. The van der Waals surface area contributed by atoms with Crippen LogP contribution in [0, 0.1) is 0 Å². The Morgan fingerprint density at radius 1 is 0.769 bits per heavy atom. The SMILES string of the molecule is O=C(CSC(C(=O)c1ccccc1)c1ccccc1)Nc1ccccc1. The van der Waals surface area contributed by atoms with Crippen LogP contribution in [0.15, 0.2) is 91.0 Å². The van der Waals surface area contributed by atoms with Crippen LogP contribution < -0.4 is 5.32 Å². The number of benzene rings is 3. The van der Waals surface area contributed by atoms with E-state index in [0.29, 0.717) is 5.56 Å². The summed E-state index contributed by atoms with van der Waals surface area (Å²) >= 11 is 1.34. The van der Waals surface area contributed by atoms with E-state index in [9.17, 15) is 9.59 Å². The second-order valence-electron chi connectivity index (χ2n) is 5.75. The fraction of sp³-hybridized carbons (Fsp3) is 0.0909. The third-order valence-electron chi connectivity index (χ3n) is 3.84. The molecule has 0 heterocycles. The number of hydrogen-bond acceptors (Lipinski definition) is 3. The maximum absolute atomic E-state index is 13.0. The summed E-state index contributed by atoms with van der Waals surface area (Å²) in [6, 6.07) is 28.1. The molecule has 0 aliphatic carbocycles. The Kier molecular flexibility index (Phi) is 6.23. The van der Waals surface area contributed by atoms with E-state index >= 15 is 0 Å². The summed E-state index contributed by atoms with van der Waals surface area (Å²) in [5.74, 6) is 0.0878. The van der Waals surface area contributed by atoms with Crippen LogP contribution >= 0.6 is 11.8 Å². The molecule has 0 spiro atoms. The van der Waals surface area contributed by atoms with Gasteiger partial charge in [-0.25, -0.2) is 0 Å². The summed E-state index contributed by atoms with van der Waals surface area (Å²) < 4.78 is 0. The van der Waals surface area contributed by atoms with E-state index in [1.165, 1.54) is 11.8 Å². The van der Waals surface area contributed by atoms with Crippen LogP contribution in [0.25, 0.3) is 0 Å². The smallest absolute Gasteiger partial charge is 0.234 e. The highest BCUT2D eigenvalue weighted by molar-refractivity contribution is 8.00. The van der Waals surface area contributed by atoms with Gasteiger partial charge >= 0.3 is 0 Å². The molecule has 0 fully saturated rings. The highest BCUT2D eigenvalue weighted by Crippen LogP contribution is 2.32. The molecule has 0 aliphatic rings. The lowest BCUT2D eigenvalue weighted by Gasteiger charge is -2.16. The van der Waals surface area contributed by atoms with Crippen molar-refractivity contribution < 1.29 is 9.59 Å². The molecule has 1 atom stereocenters. The molecule has 4 heteroatoms. The number of carbonyl (C=O) groups is 2. The number of rotatable bonds is 7. The lowest BCUT2D eigenvalue weighted by Crippen LogP contribution is -2.17. The van der Waals surface area contributed by atoms with Crippen molar-refractivity contribution in [3.63, 3.8) is 0 Å². The van der Waals surface area contributed by atoms with Crippen molar-refractivity contribution in [1.82, 2.24) is 0 Å². The van der Waals surface area contributed by atoms with Gasteiger partial charge in [-0.15, -0.1) is 11.8 Å². The van der Waals surface area contributed by atoms with E-state index in [0.717, 1.165) is 11.3 Å². The minimum atomic E-state index is -0.417. The Labute approximate surface area is 157 Å². The van der Waals surface area contributed by atoms with Gasteiger partial charge in [0.15, 0.2) is 5.78 Å². The molecule has 1 unspecified atom stereocenters. The van der Waals surface area contributed by atoms with Crippen LogP contribution in [0.2, 0.25) is 0 Å². The van der Waals surface area contributed by atoms with Crippen LogP contribution in [0.3, 0.4) is 0 Å². The molecule has 3 rings (SSSR count). The number of ketones is 1. The Hall–Kier alpha value is -2.85. The van der Waals surface area contributed by atoms with Gasteiger partial charge in [0.05, 0.1) is 11.0 Å². The largest absolute Gasteiger partial charge is 0.325 e. The van der Waals surface area contributed by atoms with Gasteiger partial charge in [0.25, 0.3) is 0 Å². The third-order valence-corrected chi connectivity index (χ3v) is 5.09. The summed E-state index contributed by atoms with van der Waals surface area (Å²) in [6.45, 7) is 0. The van der Waals surface area contributed by atoms with Crippen molar-refractivity contribution in [3.05, 3.63) is 102 Å². The molecule has 0 aromatic heterocycles. The van der Waals surface area contributed by atoms with Gasteiger partial charge in [-0.05, 0) is 17.7 Å². The normalized spacial score (nSPS) is 11.5. The molecule has 0 saturated heterocycles. The maximum atomic E-state index is 13.0. The van der Waals surface area contributed by atoms with Crippen LogP contribution in [0.1, 0.15) is 21.2 Å². The van der Waals surface area contributed by atoms with Gasteiger partial charge in [0.2, 0.25) is 5.91 Å². The molecule has 3 aromatic carbocycles.